The van der Waals surface area contributed by atoms with Crippen LogP contribution >= 0.6 is 0 Å². The number of hydrogen-bond donors (Lipinski definition) is 0. The van der Waals surface area contributed by atoms with Crippen LogP contribution < -0.4 is 4.90 Å². The van der Waals surface area contributed by atoms with E-state index in [-0.39, 0.29) is 16.5 Å². The van der Waals surface area contributed by atoms with Crippen LogP contribution in [0.4, 0.5) is 15.8 Å². The first kappa shape index (κ1) is 24.7. The van der Waals surface area contributed by atoms with Crippen LogP contribution in [0.15, 0.2) is 108 Å². The molecule has 5 heteroatoms. The van der Waals surface area contributed by atoms with Crippen molar-refractivity contribution in [2.75, 3.05) is 10.7 Å². The van der Waals surface area contributed by atoms with Gasteiger partial charge in [0.2, 0.25) is 0 Å². The summed E-state index contributed by atoms with van der Waals surface area (Å²) in [6.07, 6.45) is 3.96. The van der Waals surface area contributed by atoms with Crippen molar-refractivity contribution in [3.63, 3.8) is 0 Å². The molecule has 1 aliphatic heterocycles. The van der Waals surface area contributed by atoms with Crippen molar-refractivity contribution in [1.82, 2.24) is 0 Å². The number of hydrogen-bond acceptors (Lipinski definition) is 3. The number of allylic oxidation sites excluding steroid dienone is 2. The van der Waals surface area contributed by atoms with E-state index < -0.39 is 9.84 Å². The summed E-state index contributed by atoms with van der Waals surface area (Å²) in [5.41, 5.74) is 8.31. The summed E-state index contributed by atoms with van der Waals surface area (Å²) in [5.74, 6) is -0.516. The Labute approximate surface area is 218 Å². The molecule has 0 atom stereocenters. The molecule has 37 heavy (non-hydrogen) atoms. The van der Waals surface area contributed by atoms with Gasteiger partial charge in [0.15, 0.2) is 9.84 Å². The third-order valence-electron chi connectivity index (χ3n) is 6.57. The average Bonchev–Trinajstić information content (AvgIpc) is 3.01. The predicted molar refractivity (Wildman–Crippen MR) is 150 cm³/mol. The zero-order chi connectivity index (χ0) is 26.2. The van der Waals surface area contributed by atoms with Gasteiger partial charge in [-0.25, -0.2) is 12.8 Å². The summed E-state index contributed by atoms with van der Waals surface area (Å²) >= 11 is 0. The highest BCUT2D eigenvalue weighted by molar-refractivity contribution is 7.91. The minimum absolute atomic E-state index is 0.198. The van der Waals surface area contributed by atoms with Crippen LogP contribution in [-0.4, -0.2) is 14.2 Å². The lowest BCUT2D eigenvalue weighted by Gasteiger charge is -2.31. The molecule has 0 unspecified atom stereocenters. The molecular weight excluding hydrogens is 481 g/mol. The van der Waals surface area contributed by atoms with E-state index in [1.807, 2.05) is 36.4 Å². The second kappa shape index (κ2) is 9.83. The molecule has 1 heterocycles. The van der Waals surface area contributed by atoms with E-state index in [0.29, 0.717) is 5.70 Å². The first-order chi connectivity index (χ1) is 17.7. The van der Waals surface area contributed by atoms with Gasteiger partial charge in [-0.2, -0.15) is 0 Å². The summed E-state index contributed by atoms with van der Waals surface area (Å²) in [4.78, 5) is 2.35. The molecule has 0 saturated heterocycles. The normalized spacial score (nSPS) is 13.5. The van der Waals surface area contributed by atoms with Crippen molar-refractivity contribution in [1.29, 1.82) is 0 Å². The van der Waals surface area contributed by atoms with Gasteiger partial charge in [-0.05, 0) is 91.1 Å². The number of aryl methyl sites for hydroxylation is 3. The maximum absolute atomic E-state index is 13.7. The van der Waals surface area contributed by atoms with Crippen molar-refractivity contribution in [3.05, 3.63) is 136 Å². The van der Waals surface area contributed by atoms with E-state index in [1.54, 1.807) is 42.5 Å². The standard InChI is InChI=1S/C32H28FNO2S/c1-22-17-23(2)32(24(3)18-22)34-29(21-37(35,36)30-10-5-4-6-11-30)20-27(25-13-15-28(33)16-14-25)19-26-9-7-8-12-31(26)34/h4-20H,21H2,1-3H3. The van der Waals surface area contributed by atoms with Gasteiger partial charge in [-0.3, -0.25) is 0 Å². The lowest BCUT2D eigenvalue weighted by molar-refractivity contribution is 0.598. The molecule has 0 fully saturated rings. The fourth-order valence-electron chi connectivity index (χ4n) is 5.03. The second-order valence-corrected chi connectivity index (χ2v) is 11.4. The van der Waals surface area contributed by atoms with Gasteiger partial charge in [0.05, 0.1) is 22.0 Å². The van der Waals surface area contributed by atoms with Crippen molar-refractivity contribution in [3.8, 4) is 0 Å². The summed E-state index contributed by atoms with van der Waals surface area (Å²) in [7, 11) is -3.66. The minimum Gasteiger partial charge on any atom is -0.312 e. The molecular formula is C32H28FNO2S. The fourth-order valence-corrected chi connectivity index (χ4v) is 6.37. The van der Waals surface area contributed by atoms with E-state index in [0.717, 1.165) is 44.8 Å². The summed E-state index contributed by atoms with van der Waals surface area (Å²) in [6.45, 7) is 6.17. The highest BCUT2D eigenvalue weighted by Crippen LogP contribution is 2.42. The molecule has 0 spiro atoms. The number of benzene rings is 4. The molecule has 4 aromatic carbocycles. The number of para-hydroxylation sites is 1. The van der Waals surface area contributed by atoms with Crippen LogP contribution in [0.5, 0.6) is 0 Å². The van der Waals surface area contributed by atoms with Crippen LogP contribution in [0, 0.1) is 26.6 Å². The van der Waals surface area contributed by atoms with Crippen molar-refractivity contribution in [2.45, 2.75) is 25.7 Å². The van der Waals surface area contributed by atoms with Crippen molar-refractivity contribution >= 4 is 32.9 Å². The van der Waals surface area contributed by atoms with Gasteiger partial charge in [0.1, 0.15) is 5.82 Å². The van der Waals surface area contributed by atoms with Crippen molar-refractivity contribution < 1.29 is 12.8 Å². The lowest BCUT2D eigenvalue weighted by atomic mass is 10.0. The molecule has 3 nitrogen and oxygen atoms in total. The van der Waals surface area contributed by atoms with Crippen LogP contribution in [0.25, 0.3) is 11.6 Å². The van der Waals surface area contributed by atoms with E-state index in [1.165, 1.54) is 12.1 Å². The lowest BCUT2D eigenvalue weighted by Crippen LogP contribution is -2.25. The maximum atomic E-state index is 13.7. The van der Waals surface area contributed by atoms with Crippen LogP contribution in [0.1, 0.15) is 27.8 Å². The molecule has 0 aliphatic carbocycles. The van der Waals surface area contributed by atoms with Crippen LogP contribution in [0.2, 0.25) is 0 Å². The molecule has 4 aromatic rings. The molecule has 186 valence electrons. The third kappa shape index (κ3) is 5.00. The fraction of sp³-hybridized carbons (Fsp3) is 0.125. The largest absolute Gasteiger partial charge is 0.312 e. The molecule has 0 radical (unpaired) electrons. The monoisotopic (exact) mass is 509 g/mol. The highest BCUT2D eigenvalue weighted by Gasteiger charge is 2.28. The molecule has 0 amide bonds. The smallest absolute Gasteiger partial charge is 0.183 e. The van der Waals surface area contributed by atoms with Crippen LogP contribution in [-0.2, 0) is 9.84 Å². The van der Waals surface area contributed by atoms with Crippen molar-refractivity contribution in [2.24, 2.45) is 0 Å². The number of nitrogens with zero attached hydrogens (tertiary/aromatic N) is 1. The summed E-state index contributed by atoms with van der Waals surface area (Å²) in [6, 6.07) is 27.0. The molecule has 0 aromatic heterocycles. The Hall–Kier alpha value is -3.96. The Bertz CT molecular complexity index is 1610. The van der Waals surface area contributed by atoms with E-state index in [9.17, 15) is 12.8 Å². The molecule has 1 aliphatic rings. The maximum Gasteiger partial charge on any atom is 0.183 e. The Balaban J connectivity index is 1.77. The number of halogens is 1. The summed E-state index contributed by atoms with van der Waals surface area (Å²) < 4.78 is 41.1. The van der Waals surface area contributed by atoms with Gasteiger partial charge in [-0.1, -0.05) is 66.2 Å². The Kier molecular flexibility index (Phi) is 6.57. The molecule has 0 saturated carbocycles. The topological polar surface area (TPSA) is 37.4 Å². The number of anilines is 2. The van der Waals surface area contributed by atoms with Gasteiger partial charge in [0.25, 0.3) is 0 Å². The Morgan fingerprint density at radius 2 is 1.38 bits per heavy atom. The van der Waals surface area contributed by atoms with E-state index >= 15 is 0 Å². The van der Waals surface area contributed by atoms with Gasteiger partial charge in [-0.15, -0.1) is 0 Å². The number of sulfone groups is 1. The van der Waals surface area contributed by atoms with E-state index in [2.05, 4.69) is 37.8 Å². The Morgan fingerprint density at radius 1 is 0.757 bits per heavy atom. The SMILES string of the molecule is Cc1cc(C)c(N2C(CS(=O)(=O)c3ccccc3)=CC(c3ccc(F)cc3)=Cc3ccccc32)c(C)c1. The first-order valence-electron chi connectivity index (χ1n) is 12.2. The molecule has 0 bridgehead atoms. The quantitative estimate of drug-likeness (QED) is 0.275. The minimum atomic E-state index is -3.66. The second-order valence-electron chi connectivity index (χ2n) is 9.46. The third-order valence-corrected chi connectivity index (χ3v) is 8.24. The average molecular weight is 510 g/mol. The van der Waals surface area contributed by atoms with Gasteiger partial charge < -0.3 is 4.90 Å². The Morgan fingerprint density at radius 3 is 2.05 bits per heavy atom. The van der Waals surface area contributed by atoms with Gasteiger partial charge in [0, 0.05) is 5.70 Å². The van der Waals surface area contributed by atoms with Crippen LogP contribution in [0.3, 0.4) is 0 Å². The highest BCUT2D eigenvalue weighted by atomic mass is 32.2. The number of rotatable bonds is 5. The molecule has 0 N–H and O–H groups in total. The first-order valence-corrected chi connectivity index (χ1v) is 13.8. The zero-order valence-corrected chi connectivity index (χ0v) is 21.9. The number of fused-ring (bicyclic) bond motifs is 1. The molecule has 5 rings (SSSR count). The zero-order valence-electron chi connectivity index (χ0n) is 21.1. The predicted octanol–water partition coefficient (Wildman–Crippen LogP) is 7.80. The van der Waals surface area contributed by atoms with E-state index in [4.69, 9.17) is 0 Å². The van der Waals surface area contributed by atoms with Gasteiger partial charge >= 0.3 is 0 Å². The summed E-state index contributed by atoms with van der Waals surface area (Å²) in [5, 5.41) is 0.